The molecular weight excluding hydrogens is 438 g/mol. The van der Waals surface area contributed by atoms with Gasteiger partial charge in [0.05, 0.1) is 24.2 Å². The molecule has 0 saturated carbocycles. The minimum absolute atomic E-state index is 0.0323. The Morgan fingerprint density at radius 2 is 1.94 bits per heavy atom. The Morgan fingerprint density at radius 1 is 1.20 bits per heavy atom. The highest BCUT2D eigenvalue weighted by atomic mass is 16.4. The van der Waals surface area contributed by atoms with E-state index in [1.165, 1.54) is 6.42 Å². The lowest BCUT2D eigenvalue weighted by Crippen LogP contribution is -2.40. The van der Waals surface area contributed by atoms with E-state index >= 15 is 0 Å². The van der Waals surface area contributed by atoms with Gasteiger partial charge in [-0.15, -0.1) is 0 Å². The average Bonchev–Trinajstić information content (AvgIpc) is 2.82. The number of carbonyl (C=O) groups is 2. The van der Waals surface area contributed by atoms with Gasteiger partial charge in [0.25, 0.3) is 0 Å². The number of amides is 1. The predicted octanol–water partition coefficient (Wildman–Crippen LogP) is 5.01. The normalized spacial score (nSPS) is 17.2. The highest BCUT2D eigenvalue weighted by molar-refractivity contribution is 5.82. The van der Waals surface area contributed by atoms with Crippen LogP contribution in [0.5, 0.6) is 0 Å². The monoisotopic (exact) mass is 479 g/mol. The molecule has 0 radical (unpaired) electrons. The van der Waals surface area contributed by atoms with Gasteiger partial charge < -0.3 is 14.9 Å². The Hall–Kier alpha value is -2.73. The number of carboxylic acids is 1. The van der Waals surface area contributed by atoms with Gasteiger partial charge in [0, 0.05) is 25.7 Å². The van der Waals surface area contributed by atoms with Crippen LogP contribution in [0.25, 0.3) is 11.1 Å². The Morgan fingerprint density at radius 3 is 2.57 bits per heavy atom. The van der Waals surface area contributed by atoms with Crippen molar-refractivity contribution in [3.05, 3.63) is 53.3 Å². The number of hydrogen-bond acceptors (Lipinski definition) is 4. The molecule has 2 aromatic rings. The van der Waals surface area contributed by atoms with Crippen LogP contribution in [0.4, 0.5) is 0 Å². The van der Waals surface area contributed by atoms with E-state index in [0.717, 1.165) is 62.0 Å². The van der Waals surface area contributed by atoms with Crippen LogP contribution in [0, 0.1) is 5.92 Å². The van der Waals surface area contributed by atoms with Gasteiger partial charge in [-0.1, -0.05) is 50.6 Å². The lowest BCUT2D eigenvalue weighted by molar-refractivity contribution is -0.136. The molecule has 6 nitrogen and oxygen atoms in total. The SMILES string of the molecule is CCCC(CC)c1cc(CC(=O)O)nc(CC(=O)N(C)CC2CCCN(C)C2)c1-c1ccccc1. The highest BCUT2D eigenvalue weighted by Gasteiger charge is 2.25. The van der Waals surface area contributed by atoms with E-state index in [1.54, 1.807) is 0 Å². The van der Waals surface area contributed by atoms with Gasteiger partial charge in [-0.2, -0.15) is 0 Å². The largest absolute Gasteiger partial charge is 0.481 e. The minimum Gasteiger partial charge on any atom is -0.481 e. The predicted molar refractivity (Wildman–Crippen MR) is 141 cm³/mol. The van der Waals surface area contributed by atoms with E-state index in [2.05, 4.69) is 37.9 Å². The molecule has 1 saturated heterocycles. The summed E-state index contributed by atoms with van der Waals surface area (Å²) in [5.74, 6) is -0.109. The smallest absolute Gasteiger partial charge is 0.309 e. The molecule has 190 valence electrons. The summed E-state index contributed by atoms with van der Waals surface area (Å²) in [6, 6.07) is 12.1. The van der Waals surface area contributed by atoms with Gasteiger partial charge in [0.2, 0.25) is 5.91 Å². The van der Waals surface area contributed by atoms with Crippen molar-refractivity contribution >= 4 is 11.9 Å². The number of hydrogen-bond donors (Lipinski definition) is 1. The number of rotatable bonds is 11. The zero-order chi connectivity index (χ0) is 25.4. The maximum atomic E-state index is 13.4. The molecule has 1 fully saturated rings. The molecule has 1 aliphatic rings. The second-order valence-electron chi connectivity index (χ2n) is 10.1. The number of piperidine rings is 1. The molecular formula is C29H41N3O3. The molecule has 3 rings (SSSR count). The second kappa shape index (κ2) is 12.8. The van der Waals surface area contributed by atoms with Gasteiger partial charge in [-0.25, -0.2) is 0 Å². The molecule has 1 N–H and O–H groups in total. The fourth-order valence-corrected chi connectivity index (χ4v) is 5.43. The Balaban J connectivity index is 2.00. The number of aromatic nitrogens is 1. The van der Waals surface area contributed by atoms with Gasteiger partial charge >= 0.3 is 5.97 Å². The van der Waals surface area contributed by atoms with Crippen LogP contribution in [-0.2, 0) is 22.4 Å². The number of carbonyl (C=O) groups excluding carboxylic acids is 1. The van der Waals surface area contributed by atoms with Gasteiger partial charge in [-0.3, -0.25) is 14.6 Å². The lowest BCUT2D eigenvalue weighted by Gasteiger charge is -2.32. The molecule has 0 aliphatic carbocycles. The minimum atomic E-state index is -0.907. The summed E-state index contributed by atoms with van der Waals surface area (Å²) in [4.78, 5) is 33.9. The second-order valence-corrected chi connectivity index (χ2v) is 10.1. The summed E-state index contributed by atoms with van der Waals surface area (Å²) >= 11 is 0. The number of aliphatic carboxylic acids is 1. The van der Waals surface area contributed by atoms with Crippen molar-refractivity contribution in [3.63, 3.8) is 0 Å². The number of nitrogens with zero attached hydrogens (tertiary/aromatic N) is 3. The molecule has 1 amide bonds. The molecule has 1 aromatic heterocycles. The Kier molecular flexibility index (Phi) is 9.84. The molecule has 0 spiro atoms. The summed E-state index contributed by atoms with van der Waals surface area (Å²) in [5.41, 5.74) is 4.37. The Labute approximate surface area is 210 Å². The summed E-state index contributed by atoms with van der Waals surface area (Å²) in [5, 5.41) is 9.49. The maximum Gasteiger partial charge on any atom is 0.309 e. The van der Waals surface area contributed by atoms with Gasteiger partial charge in [0.15, 0.2) is 0 Å². The van der Waals surface area contributed by atoms with Crippen molar-refractivity contribution in [1.82, 2.24) is 14.8 Å². The van der Waals surface area contributed by atoms with Gasteiger partial charge in [-0.05, 0) is 68.3 Å². The molecule has 1 aromatic carbocycles. The molecule has 35 heavy (non-hydrogen) atoms. The zero-order valence-electron chi connectivity index (χ0n) is 21.8. The van der Waals surface area contributed by atoms with Crippen molar-refractivity contribution in [2.24, 2.45) is 5.92 Å². The van der Waals surface area contributed by atoms with Crippen molar-refractivity contribution < 1.29 is 14.7 Å². The Bertz CT molecular complexity index is 992. The van der Waals surface area contributed by atoms with E-state index < -0.39 is 5.97 Å². The number of carboxylic acid groups (broad SMARTS) is 1. The van der Waals surface area contributed by atoms with Crippen LogP contribution < -0.4 is 0 Å². The zero-order valence-corrected chi connectivity index (χ0v) is 21.8. The highest BCUT2D eigenvalue weighted by Crippen LogP contribution is 2.37. The number of likely N-dealkylation sites (N-methyl/N-ethyl adjacent to an activating group) is 1. The molecule has 0 bridgehead atoms. The fraction of sp³-hybridized carbons (Fsp3) is 0.552. The molecule has 2 atom stereocenters. The number of benzene rings is 1. The summed E-state index contributed by atoms with van der Waals surface area (Å²) in [6.07, 6.45) is 5.34. The first kappa shape index (κ1) is 26.9. The van der Waals surface area contributed by atoms with E-state index in [1.807, 2.05) is 36.2 Å². The third kappa shape index (κ3) is 7.38. The van der Waals surface area contributed by atoms with Crippen LogP contribution in [0.2, 0.25) is 0 Å². The number of pyridine rings is 1. The standard InChI is InChI=1S/C29H41N3O3/c1-5-11-22(6-2)25-16-24(17-28(34)35)30-26(29(25)23-13-8-7-9-14-23)18-27(33)32(4)20-21-12-10-15-31(3)19-21/h7-9,13-14,16,21-22H,5-6,10-12,15,17-20H2,1-4H3,(H,34,35). The molecule has 2 unspecified atom stereocenters. The van der Waals surface area contributed by atoms with Crippen LogP contribution in [-0.4, -0.2) is 65.5 Å². The van der Waals surface area contributed by atoms with Crippen molar-refractivity contribution in [1.29, 1.82) is 0 Å². The van der Waals surface area contributed by atoms with Crippen molar-refractivity contribution in [2.75, 3.05) is 33.7 Å². The summed E-state index contributed by atoms with van der Waals surface area (Å²) in [7, 11) is 4.02. The van der Waals surface area contributed by atoms with E-state index in [-0.39, 0.29) is 24.7 Å². The summed E-state index contributed by atoms with van der Waals surface area (Å²) in [6.45, 7) is 7.21. The quantitative estimate of drug-likeness (QED) is 0.490. The molecule has 2 heterocycles. The van der Waals surface area contributed by atoms with Crippen LogP contribution in [0.15, 0.2) is 36.4 Å². The molecule has 1 aliphatic heterocycles. The van der Waals surface area contributed by atoms with Crippen LogP contribution in [0.3, 0.4) is 0 Å². The fourth-order valence-electron chi connectivity index (χ4n) is 5.43. The van der Waals surface area contributed by atoms with Gasteiger partial charge in [0.1, 0.15) is 0 Å². The van der Waals surface area contributed by atoms with Crippen LogP contribution in [0.1, 0.15) is 68.8 Å². The van der Waals surface area contributed by atoms with Crippen molar-refractivity contribution in [2.45, 2.75) is 64.7 Å². The third-order valence-electron chi connectivity index (χ3n) is 7.14. The van der Waals surface area contributed by atoms with Crippen LogP contribution >= 0.6 is 0 Å². The lowest BCUT2D eigenvalue weighted by atomic mass is 9.84. The first-order valence-electron chi connectivity index (χ1n) is 13.0. The van der Waals surface area contributed by atoms with E-state index in [9.17, 15) is 14.7 Å². The maximum absolute atomic E-state index is 13.4. The van der Waals surface area contributed by atoms with E-state index in [0.29, 0.717) is 17.3 Å². The van der Waals surface area contributed by atoms with Crippen molar-refractivity contribution in [3.8, 4) is 11.1 Å². The third-order valence-corrected chi connectivity index (χ3v) is 7.14. The average molecular weight is 480 g/mol. The summed E-state index contributed by atoms with van der Waals surface area (Å²) < 4.78 is 0. The number of likely N-dealkylation sites (tertiary alicyclic amines) is 1. The van der Waals surface area contributed by atoms with E-state index in [4.69, 9.17) is 4.98 Å². The first-order valence-corrected chi connectivity index (χ1v) is 13.0. The first-order chi connectivity index (χ1) is 16.8. The topological polar surface area (TPSA) is 73.7 Å². The molecule has 6 heteroatoms.